The highest BCUT2D eigenvalue weighted by atomic mass is 32.2. The van der Waals surface area contributed by atoms with Crippen molar-refractivity contribution < 1.29 is 17.9 Å². The Morgan fingerprint density at radius 1 is 1.11 bits per heavy atom. The van der Waals surface area contributed by atoms with Gasteiger partial charge in [0.2, 0.25) is 0 Å². The molecule has 0 aliphatic carbocycles. The number of carbonyl (C=O) groups is 1. The highest BCUT2D eigenvalue weighted by molar-refractivity contribution is 7.90. The van der Waals surface area contributed by atoms with Crippen LogP contribution >= 0.6 is 11.3 Å². The summed E-state index contributed by atoms with van der Waals surface area (Å²) in [5.74, 6) is 0.964. The molecule has 198 valence electrons. The molecule has 0 spiro atoms. The lowest BCUT2D eigenvalue weighted by Crippen LogP contribution is -2.43. The summed E-state index contributed by atoms with van der Waals surface area (Å²) in [5, 5.41) is 2.00. The van der Waals surface area contributed by atoms with Crippen LogP contribution in [0, 0.1) is 0 Å². The summed E-state index contributed by atoms with van der Waals surface area (Å²) in [6.45, 7) is 6.63. The summed E-state index contributed by atoms with van der Waals surface area (Å²) in [5.41, 5.74) is 4.89. The summed E-state index contributed by atoms with van der Waals surface area (Å²) in [6.07, 6.45) is 1.91. The smallest absolute Gasteiger partial charge is 0.290 e. The maximum atomic E-state index is 13.6. The number of fused-ring (bicyclic) bond motifs is 3. The van der Waals surface area contributed by atoms with E-state index in [4.69, 9.17) is 9.72 Å². The largest absolute Gasteiger partial charge is 0.496 e. The van der Waals surface area contributed by atoms with Crippen LogP contribution in [0.25, 0.3) is 33.0 Å². The molecular formula is C29H31N3O4S2. The van der Waals surface area contributed by atoms with Crippen LogP contribution in [-0.4, -0.2) is 54.7 Å². The van der Waals surface area contributed by atoms with Crippen molar-refractivity contribution in [2.45, 2.75) is 44.2 Å². The third-order valence-corrected chi connectivity index (χ3v) is 9.07. The summed E-state index contributed by atoms with van der Waals surface area (Å²) in [7, 11) is 0.0513. The fraction of sp³-hybridized carbons (Fsp3) is 0.310. The Kier molecular flexibility index (Phi) is 6.47. The first kappa shape index (κ1) is 26.2. The predicted octanol–water partition coefficient (Wildman–Crippen LogP) is 5.78. The normalized spacial score (nSPS) is 13.1. The zero-order chi connectivity index (χ0) is 27.4. The fourth-order valence-corrected chi connectivity index (χ4v) is 6.10. The predicted molar refractivity (Wildman–Crippen MR) is 152 cm³/mol. The monoisotopic (exact) mass is 549 g/mol. The Labute approximate surface area is 227 Å². The van der Waals surface area contributed by atoms with Crippen LogP contribution in [0.2, 0.25) is 0 Å². The number of hydrogen-bond acceptors (Lipinski definition) is 6. The van der Waals surface area contributed by atoms with Crippen molar-refractivity contribution in [1.82, 2.24) is 14.5 Å². The Bertz CT molecular complexity index is 1650. The molecule has 1 aliphatic rings. The second-order valence-electron chi connectivity index (χ2n) is 10.6. The fourth-order valence-electron chi connectivity index (χ4n) is 4.72. The van der Waals surface area contributed by atoms with Crippen LogP contribution in [0.3, 0.4) is 0 Å². The van der Waals surface area contributed by atoms with Gasteiger partial charge < -0.3 is 14.2 Å². The Morgan fingerprint density at radius 3 is 2.50 bits per heavy atom. The summed E-state index contributed by atoms with van der Waals surface area (Å²) in [4.78, 5) is 21.5. The maximum absolute atomic E-state index is 13.6. The van der Waals surface area contributed by atoms with Crippen LogP contribution in [0.5, 0.6) is 5.75 Å². The number of sulfone groups is 1. The standard InChI is InChI=1S/C29H31N3O4S2/c1-29(2,3)31(4)28(33)27-30-25(24-11-8-14-37-24)26-22-17-21(18-9-7-10-20(15-18)38(6,34)35)23(36-5)16-19(22)12-13-32(26)27/h7-11,14-17H,12-13H2,1-6H3. The third kappa shape index (κ3) is 4.54. The number of thiophene rings is 1. The van der Waals surface area contributed by atoms with E-state index in [1.54, 1.807) is 41.5 Å². The van der Waals surface area contributed by atoms with Gasteiger partial charge in [0.25, 0.3) is 5.91 Å². The van der Waals surface area contributed by atoms with E-state index in [9.17, 15) is 13.2 Å². The molecule has 0 fully saturated rings. The number of methoxy groups -OCH3 is 1. The molecule has 0 N–H and O–H groups in total. The van der Waals surface area contributed by atoms with E-state index in [-0.39, 0.29) is 16.3 Å². The molecule has 0 unspecified atom stereocenters. The Morgan fingerprint density at radius 2 is 1.87 bits per heavy atom. The van der Waals surface area contributed by atoms with Gasteiger partial charge in [0.15, 0.2) is 15.7 Å². The van der Waals surface area contributed by atoms with Crippen LogP contribution in [0.4, 0.5) is 0 Å². The zero-order valence-electron chi connectivity index (χ0n) is 22.4. The second kappa shape index (κ2) is 9.39. The number of aromatic nitrogens is 2. The number of nitrogens with zero attached hydrogens (tertiary/aromatic N) is 3. The van der Waals surface area contributed by atoms with Crippen molar-refractivity contribution in [3.63, 3.8) is 0 Å². The summed E-state index contributed by atoms with van der Waals surface area (Å²) < 4.78 is 32.3. The second-order valence-corrected chi connectivity index (χ2v) is 13.5. The van der Waals surface area contributed by atoms with Crippen molar-refractivity contribution >= 4 is 27.1 Å². The molecule has 0 saturated carbocycles. The molecule has 0 radical (unpaired) electrons. The van der Waals surface area contributed by atoms with E-state index in [1.807, 2.05) is 68.1 Å². The number of hydrogen-bond donors (Lipinski definition) is 0. The molecule has 2 aromatic carbocycles. The first-order chi connectivity index (χ1) is 17.9. The van der Waals surface area contributed by atoms with Gasteiger partial charge >= 0.3 is 0 Å². The first-order valence-corrected chi connectivity index (χ1v) is 15.1. The van der Waals surface area contributed by atoms with Gasteiger partial charge in [-0.05, 0) is 74.0 Å². The molecule has 5 rings (SSSR count). The summed E-state index contributed by atoms with van der Waals surface area (Å²) in [6, 6.07) is 15.0. The molecule has 7 nitrogen and oxygen atoms in total. The lowest BCUT2D eigenvalue weighted by molar-refractivity contribution is 0.0638. The molecular weight excluding hydrogens is 518 g/mol. The van der Waals surface area contributed by atoms with E-state index >= 15 is 0 Å². The average molecular weight is 550 g/mol. The number of rotatable bonds is 5. The molecule has 0 bridgehead atoms. The van der Waals surface area contributed by atoms with Gasteiger partial charge in [0, 0.05) is 36.5 Å². The van der Waals surface area contributed by atoms with Crippen molar-refractivity contribution in [3.8, 4) is 38.7 Å². The lowest BCUT2D eigenvalue weighted by atomic mass is 9.91. The third-order valence-electron chi connectivity index (χ3n) is 7.08. The minimum Gasteiger partial charge on any atom is -0.496 e. The number of benzene rings is 2. The van der Waals surface area contributed by atoms with Crippen LogP contribution in [-0.2, 0) is 22.8 Å². The van der Waals surface area contributed by atoms with Gasteiger partial charge in [-0.15, -0.1) is 11.3 Å². The molecule has 3 heterocycles. The first-order valence-electron chi connectivity index (χ1n) is 12.3. The quantitative estimate of drug-likeness (QED) is 0.315. The van der Waals surface area contributed by atoms with E-state index in [0.717, 1.165) is 38.5 Å². The number of carbonyl (C=O) groups excluding carboxylic acids is 1. The highest BCUT2D eigenvalue weighted by Crippen LogP contribution is 2.44. The van der Waals surface area contributed by atoms with E-state index in [1.165, 1.54) is 6.26 Å². The van der Waals surface area contributed by atoms with Gasteiger partial charge in [-0.1, -0.05) is 18.2 Å². The number of aryl methyl sites for hydroxylation is 1. The number of ether oxygens (including phenoxy) is 1. The van der Waals surface area contributed by atoms with E-state index in [0.29, 0.717) is 24.5 Å². The van der Waals surface area contributed by atoms with Gasteiger partial charge in [0.05, 0.1) is 22.6 Å². The lowest BCUT2D eigenvalue weighted by Gasteiger charge is -2.32. The van der Waals surface area contributed by atoms with Gasteiger partial charge in [0.1, 0.15) is 11.4 Å². The van der Waals surface area contributed by atoms with Gasteiger partial charge in [-0.3, -0.25) is 4.79 Å². The molecule has 2 aromatic heterocycles. The van der Waals surface area contributed by atoms with Gasteiger partial charge in [-0.25, -0.2) is 13.4 Å². The maximum Gasteiger partial charge on any atom is 0.290 e. The van der Waals surface area contributed by atoms with Crippen molar-refractivity contribution in [2.24, 2.45) is 0 Å². The minimum atomic E-state index is -3.38. The van der Waals surface area contributed by atoms with Crippen molar-refractivity contribution in [3.05, 3.63) is 65.3 Å². The van der Waals surface area contributed by atoms with E-state index < -0.39 is 9.84 Å². The Hall–Kier alpha value is -3.43. The highest BCUT2D eigenvalue weighted by Gasteiger charge is 2.33. The minimum absolute atomic E-state index is 0.125. The molecule has 1 amide bonds. The van der Waals surface area contributed by atoms with Crippen LogP contribution in [0.1, 0.15) is 37.0 Å². The summed E-state index contributed by atoms with van der Waals surface area (Å²) >= 11 is 1.58. The van der Waals surface area contributed by atoms with Gasteiger partial charge in [-0.2, -0.15) is 0 Å². The number of amides is 1. The Balaban J connectivity index is 1.75. The number of imidazole rings is 1. The average Bonchev–Trinajstić information content (AvgIpc) is 3.54. The van der Waals surface area contributed by atoms with Crippen LogP contribution in [0.15, 0.2) is 58.8 Å². The molecule has 0 saturated heterocycles. The zero-order valence-corrected chi connectivity index (χ0v) is 24.0. The SMILES string of the molecule is COc1cc2c(cc1-c1cccc(S(C)(=O)=O)c1)-c1c(-c3cccs3)nc(C(=O)N(C)C(C)(C)C)n1CC2. The topological polar surface area (TPSA) is 81.5 Å². The molecule has 0 atom stereocenters. The van der Waals surface area contributed by atoms with Crippen LogP contribution < -0.4 is 4.74 Å². The molecule has 4 aromatic rings. The van der Waals surface area contributed by atoms with E-state index in [2.05, 4.69) is 0 Å². The molecule has 1 aliphatic heterocycles. The van der Waals surface area contributed by atoms with Crippen molar-refractivity contribution in [2.75, 3.05) is 20.4 Å². The molecule has 9 heteroatoms. The van der Waals surface area contributed by atoms with Crippen molar-refractivity contribution in [1.29, 1.82) is 0 Å². The molecule has 38 heavy (non-hydrogen) atoms.